The quantitative estimate of drug-likeness (QED) is 0.229. The van der Waals surface area contributed by atoms with Gasteiger partial charge in [-0.15, -0.1) is 0 Å². The summed E-state index contributed by atoms with van der Waals surface area (Å²) in [6, 6.07) is 16.6. The zero-order chi connectivity index (χ0) is 28.4. The van der Waals surface area contributed by atoms with Crippen LogP contribution in [0.4, 0.5) is 30.2 Å². The molecule has 0 atom stereocenters. The van der Waals surface area contributed by atoms with Gasteiger partial charge in [0, 0.05) is 29.2 Å². The van der Waals surface area contributed by atoms with Crippen LogP contribution >= 0.6 is 11.6 Å². The van der Waals surface area contributed by atoms with Crippen molar-refractivity contribution in [1.82, 2.24) is 10.3 Å². The predicted octanol–water partition coefficient (Wildman–Crippen LogP) is 7.57. The Morgan fingerprint density at radius 1 is 0.923 bits per heavy atom. The fourth-order valence-electron chi connectivity index (χ4n) is 3.81. The highest BCUT2D eigenvalue weighted by Crippen LogP contribution is 2.34. The van der Waals surface area contributed by atoms with Crippen LogP contribution in [-0.4, -0.2) is 16.8 Å². The maximum absolute atomic E-state index is 13.2. The van der Waals surface area contributed by atoms with E-state index in [1.165, 1.54) is 18.3 Å². The molecule has 0 spiro atoms. The van der Waals surface area contributed by atoms with E-state index < -0.39 is 23.1 Å². The molecule has 39 heavy (non-hydrogen) atoms. The van der Waals surface area contributed by atoms with Crippen molar-refractivity contribution in [3.63, 3.8) is 0 Å². The molecule has 10 heteroatoms. The van der Waals surface area contributed by atoms with Gasteiger partial charge in [0.05, 0.1) is 33.0 Å². The normalized spacial score (nSPS) is 11.8. The van der Waals surface area contributed by atoms with E-state index in [9.17, 15) is 22.8 Å². The Kier molecular flexibility index (Phi) is 7.83. The minimum atomic E-state index is -4.47. The summed E-state index contributed by atoms with van der Waals surface area (Å²) < 4.78 is 39.4. The molecule has 3 aromatic carbocycles. The number of pyridine rings is 1. The summed E-state index contributed by atoms with van der Waals surface area (Å²) in [4.78, 5) is 29.8. The molecule has 0 fully saturated rings. The molecule has 3 N–H and O–H groups in total. The topological polar surface area (TPSA) is 83.1 Å². The first-order valence-electron chi connectivity index (χ1n) is 12.0. The van der Waals surface area contributed by atoms with Crippen molar-refractivity contribution in [2.75, 3.05) is 10.6 Å². The molecule has 0 aliphatic heterocycles. The first-order chi connectivity index (χ1) is 18.3. The molecular formula is C29H26ClF3N4O2. The highest BCUT2D eigenvalue weighted by atomic mass is 35.5. The molecule has 0 unspecified atom stereocenters. The third kappa shape index (κ3) is 6.67. The summed E-state index contributed by atoms with van der Waals surface area (Å²) in [7, 11) is 0. The number of nitrogens with one attached hydrogen (secondary N) is 3. The van der Waals surface area contributed by atoms with E-state index in [0.717, 1.165) is 12.1 Å². The molecule has 0 aliphatic carbocycles. The maximum atomic E-state index is 13.2. The number of para-hydroxylation sites is 1. The van der Waals surface area contributed by atoms with E-state index in [2.05, 4.69) is 20.9 Å². The van der Waals surface area contributed by atoms with Gasteiger partial charge in [0.15, 0.2) is 0 Å². The summed E-state index contributed by atoms with van der Waals surface area (Å²) in [6.07, 6.45) is -2.97. The summed E-state index contributed by atoms with van der Waals surface area (Å²) >= 11 is 6.32. The number of aromatic nitrogens is 1. The number of hydrogen-bond acceptors (Lipinski definition) is 4. The van der Waals surface area contributed by atoms with Crippen LogP contribution in [0.5, 0.6) is 0 Å². The van der Waals surface area contributed by atoms with Crippen molar-refractivity contribution in [3.8, 4) is 0 Å². The Balaban J connectivity index is 1.58. The van der Waals surface area contributed by atoms with Crippen molar-refractivity contribution < 1.29 is 22.8 Å². The van der Waals surface area contributed by atoms with Crippen molar-refractivity contribution in [2.24, 2.45) is 5.41 Å². The molecule has 0 saturated heterocycles. The van der Waals surface area contributed by atoms with E-state index in [1.54, 1.807) is 42.5 Å². The number of nitrogens with zero attached hydrogens (tertiary/aromatic N) is 1. The van der Waals surface area contributed by atoms with Crippen LogP contribution in [0.25, 0.3) is 10.9 Å². The first-order valence-corrected chi connectivity index (χ1v) is 12.4. The lowest BCUT2D eigenvalue weighted by Gasteiger charge is -2.18. The van der Waals surface area contributed by atoms with Gasteiger partial charge in [-0.2, -0.15) is 13.2 Å². The molecule has 202 valence electrons. The standard InChI is InChI=1S/C29H26ClF3N4O2/c1-28(2,3)27(39)35-16-17-10-11-22(30)21(14-17)26(38)37-23-12-13-34-25-20(23)8-5-9-24(25)36-19-7-4-6-18(15-19)29(31,32)33/h4-15,36H,16H2,1-3H3,(H,35,39)(H,34,37,38). The molecule has 0 saturated carbocycles. The fraction of sp³-hybridized carbons (Fsp3) is 0.207. The molecule has 2 amide bonds. The molecule has 1 heterocycles. The number of carbonyl (C=O) groups excluding carboxylic acids is 2. The van der Waals surface area contributed by atoms with Gasteiger partial charge in [-0.3, -0.25) is 14.6 Å². The summed E-state index contributed by atoms with van der Waals surface area (Å²) in [6.45, 7) is 5.66. The van der Waals surface area contributed by atoms with Crippen LogP contribution in [0, 0.1) is 5.41 Å². The Morgan fingerprint density at radius 2 is 1.67 bits per heavy atom. The van der Waals surface area contributed by atoms with Gasteiger partial charge in [0.1, 0.15) is 0 Å². The van der Waals surface area contributed by atoms with Crippen LogP contribution in [-0.2, 0) is 17.5 Å². The van der Waals surface area contributed by atoms with Gasteiger partial charge in [0.25, 0.3) is 5.91 Å². The summed E-state index contributed by atoms with van der Waals surface area (Å²) in [5, 5.41) is 9.50. The monoisotopic (exact) mass is 554 g/mol. The zero-order valence-electron chi connectivity index (χ0n) is 21.4. The number of halogens is 4. The average molecular weight is 555 g/mol. The van der Waals surface area contributed by atoms with Gasteiger partial charge in [-0.1, -0.05) is 56.6 Å². The van der Waals surface area contributed by atoms with Gasteiger partial charge in [-0.25, -0.2) is 0 Å². The number of hydrogen-bond donors (Lipinski definition) is 3. The van der Waals surface area contributed by atoms with Crippen LogP contribution in [0.15, 0.2) is 72.9 Å². The predicted molar refractivity (Wildman–Crippen MR) is 147 cm³/mol. The van der Waals surface area contributed by atoms with Crippen LogP contribution in [0.2, 0.25) is 5.02 Å². The van der Waals surface area contributed by atoms with Crippen molar-refractivity contribution in [3.05, 3.63) is 94.6 Å². The Labute approximate surface area is 228 Å². The molecule has 1 aromatic heterocycles. The first kappa shape index (κ1) is 27.9. The maximum Gasteiger partial charge on any atom is 0.416 e. The number of alkyl halides is 3. The van der Waals surface area contributed by atoms with E-state index >= 15 is 0 Å². The van der Waals surface area contributed by atoms with E-state index in [0.29, 0.717) is 27.8 Å². The summed E-state index contributed by atoms with van der Waals surface area (Å²) in [5.74, 6) is -0.589. The second-order valence-corrected chi connectivity index (χ2v) is 10.4. The minimum Gasteiger partial charge on any atom is -0.354 e. The van der Waals surface area contributed by atoms with Crippen LogP contribution < -0.4 is 16.0 Å². The lowest BCUT2D eigenvalue weighted by atomic mass is 9.95. The largest absolute Gasteiger partial charge is 0.416 e. The second-order valence-electron chi connectivity index (χ2n) is 9.96. The second kappa shape index (κ2) is 10.9. The average Bonchev–Trinajstić information content (AvgIpc) is 2.87. The van der Waals surface area contributed by atoms with E-state index in [1.807, 2.05) is 20.8 Å². The SMILES string of the molecule is CC(C)(C)C(=O)NCc1ccc(Cl)c(C(=O)Nc2ccnc3c(Nc4cccc(C(F)(F)F)c4)cccc23)c1. The van der Waals surface area contributed by atoms with Crippen LogP contribution in [0.1, 0.15) is 42.3 Å². The molecule has 4 rings (SSSR count). The molecule has 0 bridgehead atoms. The lowest BCUT2D eigenvalue weighted by Crippen LogP contribution is -2.34. The number of carbonyl (C=O) groups is 2. The third-order valence-corrected chi connectivity index (χ3v) is 6.23. The van der Waals surface area contributed by atoms with Crippen molar-refractivity contribution in [2.45, 2.75) is 33.5 Å². The molecule has 0 aliphatic rings. The number of rotatable bonds is 6. The molecule has 0 radical (unpaired) electrons. The smallest absolute Gasteiger partial charge is 0.354 e. The number of fused-ring (bicyclic) bond motifs is 1. The Morgan fingerprint density at radius 3 is 2.38 bits per heavy atom. The van der Waals surface area contributed by atoms with E-state index in [4.69, 9.17) is 11.6 Å². The third-order valence-electron chi connectivity index (χ3n) is 5.90. The molecule has 4 aromatic rings. The van der Waals surface area contributed by atoms with Crippen LogP contribution in [0.3, 0.4) is 0 Å². The summed E-state index contributed by atoms with van der Waals surface area (Å²) in [5.41, 5.74) is 1.22. The van der Waals surface area contributed by atoms with Gasteiger partial charge < -0.3 is 16.0 Å². The molecular weight excluding hydrogens is 529 g/mol. The van der Waals surface area contributed by atoms with Gasteiger partial charge in [-0.05, 0) is 48.0 Å². The van der Waals surface area contributed by atoms with Crippen molar-refractivity contribution in [1.29, 1.82) is 0 Å². The Hall–Kier alpha value is -4.11. The lowest BCUT2D eigenvalue weighted by molar-refractivity contribution is -0.137. The number of anilines is 3. The molecule has 6 nitrogen and oxygen atoms in total. The van der Waals surface area contributed by atoms with Gasteiger partial charge in [0.2, 0.25) is 5.91 Å². The fourth-order valence-corrected chi connectivity index (χ4v) is 4.01. The highest BCUT2D eigenvalue weighted by Gasteiger charge is 2.30. The minimum absolute atomic E-state index is 0.124. The highest BCUT2D eigenvalue weighted by molar-refractivity contribution is 6.34. The number of benzene rings is 3. The Bertz CT molecular complexity index is 1550. The van der Waals surface area contributed by atoms with E-state index in [-0.39, 0.29) is 28.7 Å². The number of amides is 2. The zero-order valence-corrected chi connectivity index (χ0v) is 22.2. The van der Waals surface area contributed by atoms with Crippen molar-refractivity contribution >= 4 is 51.4 Å². The van der Waals surface area contributed by atoms with Gasteiger partial charge >= 0.3 is 6.18 Å².